The molecule has 0 unspecified atom stereocenters. The molecule has 2 rings (SSSR count). The summed E-state index contributed by atoms with van der Waals surface area (Å²) < 4.78 is 15.1. The maximum atomic E-state index is 13.3. The van der Waals surface area contributed by atoms with Crippen LogP contribution in [-0.2, 0) is 13.5 Å². The van der Waals surface area contributed by atoms with E-state index in [4.69, 9.17) is 0 Å². The van der Waals surface area contributed by atoms with Crippen molar-refractivity contribution in [3.63, 3.8) is 0 Å². The smallest absolute Gasteiger partial charge is 0.254 e. The molecule has 0 saturated carbocycles. The average molecular weight is 247 g/mol. The molecule has 1 aromatic heterocycles. The highest BCUT2D eigenvalue weighted by atomic mass is 19.1. The molecule has 0 aliphatic heterocycles. The van der Waals surface area contributed by atoms with Crippen molar-refractivity contribution in [3.05, 3.63) is 53.6 Å². The van der Waals surface area contributed by atoms with E-state index in [2.05, 4.69) is 10.4 Å². The summed E-state index contributed by atoms with van der Waals surface area (Å²) >= 11 is 0. The first-order valence-corrected chi connectivity index (χ1v) is 5.68. The Bertz CT molecular complexity index is 551. The molecule has 18 heavy (non-hydrogen) atoms. The van der Waals surface area contributed by atoms with Gasteiger partial charge in [-0.15, -0.1) is 0 Å². The topological polar surface area (TPSA) is 46.9 Å². The van der Waals surface area contributed by atoms with Crippen LogP contribution in [0.4, 0.5) is 4.39 Å². The van der Waals surface area contributed by atoms with Crippen LogP contribution in [0.15, 0.2) is 36.5 Å². The molecule has 0 fully saturated rings. The number of nitrogens with zero attached hydrogens (tertiary/aromatic N) is 2. The molecule has 1 N–H and O–H groups in total. The number of benzene rings is 1. The standard InChI is InChI=1S/C13H14FN3O/c1-17-10(7-9-16-17)6-8-15-13(18)11-4-2-3-5-12(11)14/h2-5,7,9H,6,8H2,1H3,(H,15,18). The fourth-order valence-corrected chi connectivity index (χ4v) is 1.69. The first kappa shape index (κ1) is 12.3. The highest BCUT2D eigenvalue weighted by Crippen LogP contribution is 2.05. The van der Waals surface area contributed by atoms with Gasteiger partial charge in [0, 0.05) is 31.9 Å². The molecule has 0 saturated heterocycles. The minimum Gasteiger partial charge on any atom is -0.352 e. The van der Waals surface area contributed by atoms with Crippen molar-refractivity contribution in [1.29, 1.82) is 0 Å². The summed E-state index contributed by atoms with van der Waals surface area (Å²) in [4.78, 5) is 11.7. The predicted molar refractivity (Wildman–Crippen MR) is 65.6 cm³/mol. The first-order valence-electron chi connectivity index (χ1n) is 5.68. The van der Waals surface area contributed by atoms with Crippen LogP contribution in [0.2, 0.25) is 0 Å². The largest absolute Gasteiger partial charge is 0.352 e. The second-order valence-corrected chi connectivity index (χ2v) is 3.93. The van der Waals surface area contributed by atoms with Gasteiger partial charge in [0.1, 0.15) is 5.82 Å². The van der Waals surface area contributed by atoms with Crippen LogP contribution in [-0.4, -0.2) is 22.2 Å². The molecule has 0 radical (unpaired) electrons. The lowest BCUT2D eigenvalue weighted by atomic mass is 10.2. The van der Waals surface area contributed by atoms with Gasteiger partial charge in [-0.25, -0.2) is 4.39 Å². The number of carbonyl (C=O) groups excluding carboxylic acids is 1. The number of hydrogen-bond donors (Lipinski definition) is 1. The second-order valence-electron chi connectivity index (χ2n) is 3.93. The van der Waals surface area contributed by atoms with Crippen molar-refractivity contribution in [1.82, 2.24) is 15.1 Å². The molecular weight excluding hydrogens is 233 g/mol. The number of carbonyl (C=O) groups is 1. The monoisotopic (exact) mass is 247 g/mol. The number of nitrogens with one attached hydrogen (secondary N) is 1. The number of halogens is 1. The lowest BCUT2D eigenvalue weighted by molar-refractivity contribution is 0.0950. The fraction of sp³-hybridized carbons (Fsp3) is 0.231. The normalized spacial score (nSPS) is 10.3. The van der Waals surface area contributed by atoms with Gasteiger partial charge in [-0.3, -0.25) is 9.48 Å². The third-order valence-electron chi connectivity index (χ3n) is 2.71. The average Bonchev–Trinajstić information content (AvgIpc) is 2.75. The van der Waals surface area contributed by atoms with Gasteiger partial charge in [-0.2, -0.15) is 5.10 Å². The Morgan fingerprint density at radius 1 is 1.39 bits per heavy atom. The molecule has 1 heterocycles. The van der Waals surface area contributed by atoms with Crippen LogP contribution in [0, 0.1) is 5.82 Å². The van der Waals surface area contributed by atoms with Crippen LogP contribution in [0.25, 0.3) is 0 Å². The van der Waals surface area contributed by atoms with E-state index in [0.29, 0.717) is 13.0 Å². The zero-order valence-electron chi connectivity index (χ0n) is 10.1. The van der Waals surface area contributed by atoms with Gasteiger partial charge in [-0.1, -0.05) is 12.1 Å². The molecule has 0 spiro atoms. The van der Waals surface area contributed by atoms with Crippen molar-refractivity contribution in [2.75, 3.05) is 6.54 Å². The van der Waals surface area contributed by atoms with Gasteiger partial charge in [-0.05, 0) is 18.2 Å². The molecule has 4 nitrogen and oxygen atoms in total. The van der Waals surface area contributed by atoms with Crippen LogP contribution < -0.4 is 5.32 Å². The van der Waals surface area contributed by atoms with Crippen LogP contribution in [0.3, 0.4) is 0 Å². The molecule has 0 aliphatic carbocycles. The molecule has 1 amide bonds. The predicted octanol–water partition coefficient (Wildman–Crippen LogP) is 1.53. The molecule has 0 bridgehead atoms. The summed E-state index contributed by atoms with van der Waals surface area (Å²) in [6, 6.07) is 7.82. The van der Waals surface area contributed by atoms with Gasteiger partial charge in [0.05, 0.1) is 5.56 Å². The Balaban J connectivity index is 1.90. The van der Waals surface area contributed by atoms with Crippen molar-refractivity contribution in [3.8, 4) is 0 Å². The summed E-state index contributed by atoms with van der Waals surface area (Å²) in [7, 11) is 1.84. The minimum atomic E-state index is -0.504. The summed E-state index contributed by atoms with van der Waals surface area (Å²) in [5.41, 5.74) is 1.09. The summed E-state index contributed by atoms with van der Waals surface area (Å²) in [5, 5.41) is 6.72. The van der Waals surface area contributed by atoms with Crippen molar-refractivity contribution in [2.24, 2.45) is 7.05 Å². The Hall–Kier alpha value is -2.17. The van der Waals surface area contributed by atoms with Gasteiger partial charge in [0.15, 0.2) is 0 Å². The SMILES string of the molecule is Cn1nccc1CCNC(=O)c1ccccc1F. The van der Waals surface area contributed by atoms with Gasteiger partial charge in [0.2, 0.25) is 0 Å². The van der Waals surface area contributed by atoms with Crippen LogP contribution >= 0.6 is 0 Å². The van der Waals surface area contributed by atoms with Crippen LogP contribution in [0.5, 0.6) is 0 Å². The van der Waals surface area contributed by atoms with E-state index in [-0.39, 0.29) is 5.56 Å². The number of aromatic nitrogens is 2. The van der Waals surface area contributed by atoms with E-state index in [1.165, 1.54) is 12.1 Å². The third-order valence-corrected chi connectivity index (χ3v) is 2.71. The van der Waals surface area contributed by atoms with Gasteiger partial charge in [0.25, 0.3) is 5.91 Å². The van der Waals surface area contributed by atoms with E-state index < -0.39 is 11.7 Å². The van der Waals surface area contributed by atoms with E-state index in [0.717, 1.165) is 5.69 Å². The Labute approximate surface area is 104 Å². The lowest BCUT2D eigenvalue weighted by Crippen LogP contribution is -2.27. The minimum absolute atomic E-state index is 0.0718. The van der Waals surface area contributed by atoms with Crippen LogP contribution in [0.1, 0.15) is 16.1 Å². The van der Waals surface area contributed by atoms with Crippen molar-refractivity contribution >= 4 is 5.91 Å². The zero-order valence-corrected chi connectivity index (χ0v) is 10.1. The fourth-order valence-electron chi connectivity index (χ4n) is 1.69. The lowest BCUT2D eigenvalue weighted by Gasteiger charge is -2.06. The van der Waals surface area contributed by atoms with Crippen molar-refractivity contribution in [2.45, 2.75) is 6.42 Å². The molecule has 0 aliphatic rings. The van der Waals surface area contributed by atoms with Gasteiger partial charge < -0.3 is 5.32 Å². The zero-order chi connectivity index (χ0) is 13.0. The molecule has 5 heteroatoms. The molecular formula is C13H14FN3O. The van der Waals surface area contributed by atoms with E-state index in [1.807, 2.05) is 13.1 Å². The maximum absolute atomic E-state index is 13.3. The third kappa shape index (κ3) is 2.74. The van der Waals surface area contributed by atoms with E-state index in [9.17, 15) is 9.18 Å². The summed E-state index contributed by atoms with van der Waals surface area (Å²) in [6.45, 7) is 0.451. The molecule has 2 aromatic rings. The Kier molecular flexibility index (Phi) is 3.72. The number of rotatable bonds is 4. The number of hydrogen-bond acceptors (Lipinski definition) is 2. The Morgan fingerprint density at radius 3 is 2.83 bits per heavy atom. The first-order chi connectivity index (χ1) is 8.68. The van der Waals surface area contributed by atoms with Crippen molar-refractivity contribution < 1.29 is 9.18 Å². The summed E-state index contributed by atoms with van der Waals surface area (Å²) in [6.07, 6.45) is 2.37. The Morgan fingerprint density at radius 2 is 2.17 bits per heavy atom. The van der Waals surface area contributed by atoms with E-state index in [1.54, 1.807) is 23.0 Å². The molecule has 0 atom stereocenters. The molecule has 1 aromatic carbocycles. The maximum Gasteiger partial charge on any atom is 0.254 e. The number of amides is 1. The quantitative estimate of drug-likeness (QED) is 0.890. The molecule has 94 valence electrons. The highest BCUT2D eigenvalue weighted by Gasteiger charge is 2.09. The number of aryl methyl sites for hydroxylation is 1. The van der Waals surface area contributed by atoms with Gasteiger partial charge >= 0.3 is 0 Å². The summed E-state index contributed by atoms with van der Waals surface area (Å²) in [5.74, 6) is -0.897. The highest BCUT2D eigenvalue weighted by molar-refractivity contribution is 5.94. The second kappa shape index (κ2) is 5.44. The van der Waals surface area contributed by atoms with E-state index >= 15 is 0 Å².